The fraction of sp³-hybridized carbons (Fsp3) is 0.316. The molecule has 0 unspecified atom stereocenters. The maximum absolute atomic E-state index is 5.55. The third-order valence-electron chi connectivity index (χ3n) is 4.18. The SMILES string of the molecule is CN=C(NCCc1c[nH]c2ccccc12)NCc1cc(C)oc1C.I. The Labute approximate surface area is 165 Å². The standard InChI is InChI=1S/C19H24N4O.HI/c1-13-10-16(14(2)24-13)12-23-19(20-3)21-9-8-15-11-22-18-7-5-4-6-17(15)18;/h4-7,10-11,22H,8-9,12H2,1-3H3,(H2,20,21,23);1H. The van der Waals surface area contributed by atoms with Gasteiger partial charge in [-0.05, 0) is 38.0 Å². The summed E-state index contributed by atoms with van der Waals surface area (Å²) >= 11 is 0. The lowest BCUT2D eigenvalue weighted by Gasteiger charge is -2.11. The van der Waals surface area contributed by atoms with Gasteiger partial charge in [0.2, 0.25) is 0 Å². The number of nitrogens with one attached hydrogen (secondary N) is 3. The number of aryl methyl sites for hydroxylation is 2. The van der Waals surface area contributed by atoms with E-state index < -0.39 is 0 Å². The zero-order chi connectivity index (χ0) is 16.9. The molecule has 0 aliphatic carbocycles. The molecule has 25 heavy (non-hydrogen) atoms. The van der Waals surface area contributed by atoms with E-state index in [0.717, 1.165) is 36.0 Å². The molecule has 0 radical (unpaired) electrons. The fourth-order valence-corrected chi connectivity index (χ4v) is 2.91. The molecule has 3 N–H and O–H groups in total. The van der Waals surface area contributed by atoms with Gasteiger partial charge in [-0.15, -0.1) is 24.0 Å². The Balaban J connectivity index is 0.00000225. The lowest BCUT2D eigenvalue weighted by atomic mass is 10.1. The van der Waals surface area contributed by atoms with E-state index in [1.165, 1.54) is 16.5 Å². The number of H-pyrrole nitrogens is 1. The predicted molar refractivity (Wildman–Crippen MR) is 114 cm³/mol. The van der Waals surface area contributed by atoms with Crippen LogP contribution in [0.2, 0.25) is 0 Å². The van der Waals surface area contributed by atoms with Crippen LogP contribution in [-0.2, 0) is 13.0 Å². The fourth-order valence-electron chi connectivity index (χ4n) is 2.91. The maximum atomic E-state index is 5.55. The van der Waals surface area contributed by atoms with Crippen LogP contribution >= 0.6 is 24.0 Å². The first-order valence-corrected chi connectivity index (χ1v) is 8.23. The van der Waals surface area contributed by atoms with Crippen LogP contribution in [0.3, 0.4) is 0 Å². The molecule has 3 aromatic rings. The third kappa shape index (κ3) is 4.78. The topological polar surface area (TPSA) is 65.3 Å². The number of nitrogens with zero attached hydrogens (tertiary/aromatic N) is 1. The second-order valence-corrected chi connectivity index (χ2v) is 5.90. The van der Waals surface area contributed by atoms with Crippen molar-refractivity contribution in [2.75, 3.05) is 13.6 Å². The van der Waals surface area contributed by atoms with Crippen molar-refractivity contribution in [1.29, 1.82) is 0 Å². The summed E-state index contributed by atoms with van der Waals surface area (Å²) in [6.45, 7) is 5.48. The van der Waals surface area contributed by atoms with Crippen LogP contribution in [0.15, 0.2) is 45.9 Å². The van der Waals surface area contributed by atoms with Gasteiger partial charge in [-0.3, -0.25) is 4.99 Å². The summed E-state index contributed by atoms with van der Waals surface area (Å²) in [5.74, 6) is 2.69. The van der Waals surface area contributed by atoms with Gasteiger partial charge in [0.15, 0.2) is 5.96 Å². The monoisotopic (exact) mass is 452 g/mol. The van der Waals surface area contributed by atoms with Crippen molar-refractivity contribution in [3.05, 3.63) is 59.2 Å². The van der Waals surface area contributed by atoms with E-state index in [1.54, 1.807) is 7.05 Å². The van der Waals surface area contributed by atoms with Gasteiger partial charge in [0.05, 0.1) is 0 Å². The Kier molecular flexibility index (Phi) is 6.92. The van der Waals surface area contributed by atoms with Crippen LogP contribution in [0.4, 0.5) is 0 Å². The first kappa shape index (κ1) is 19.4. The number of aromatic nitrogens is 1. The maximum Gasteiger partial charge on any atom is 0.191 e. The van der Waals surface area contributed by atoms with Crippen molar-refractivity contribution in [2.24, 2.45) is 4.99 Å². The summed E-state index contributed by atoms with van der Waals surface area (Å²) in [6, 6.07) is 10.4. The van der Waals surface area contributed by atoms with E-state index in [4.69, 9.17) is 4.42 Å². The molecule has 2 aromatic heterocycles. The number of rotatable bonds is 5. The summed E-state index contributed by atoms with van der Waals surface area (Å²) in [5.41, 5.74) is 3.66. The summed E-state index contributed by atoms with van der Waals surface area (Å²) in [4.78, 5) is 7.59. The molecule has 2 heterocycles. The normalized spacial score (nSPS) is 11.4. The molecule has 134 valence electrons. The summed E-state index contributed by atoms with van der Waals surface area (Å²) in [7, 11) is 1.79. The minimum atomic E-state index is 0. The van der Waals surface area contributed by atoms with Gasteiger partial charge in [0.25, 0.3) is 0 Å². The zero-order valence-corrected chi connectivity index (χ0v) is 17.2. The highest BCUT2D eigenvalue weighted by molar-refractivity contribution is 14.0. The Morgan fingerprint density at radius 3 is 2.68 bits per heavy atom. The number of fused-ring (bicyclic) bond motifs is 1. The largest absolute Gasteiger partial charge is 0.466 e. The molecule has 0 spiro atoms. The first-order chi connectivity index (χ1) is 11.7. The molecule has 3 rings (SSSR count). The van der Waals surface area contributed by atoms with Crippen LogP contribution in [0, 0.1) is 13.8 Å². The minimum Gasteiger partial charge on any atom is -0.466 e. The number of benzene rings is 1. The van der Waals surface area contributed by atoms with Gasteiger partial charge in [-0.1, -0.05) is 18.2 Å². The third-order valence-corrected chi connectivity index (χ3v) is 4.18. The molecule has 5 nitrogen and oxygen atoms in total. The van der Waals surface area contributed by atoms with Crippen molar-refractivity contribution in [2.45, 2.75) is 26.8 Å². The lowest BCUT2D eigenvalue weighted by molar-refractivity contribution is 0.500. The lowest BCUT2D eigenvalue weighted by Crippen LogP contribution is -2.37. The molecule has 0 aliphatic rings. The highest BCUT2D eigenvalue weighted by Gasteiger charge is 2.06. The van der Waals surface area contributed by atoms with Gasteiger partial charge >= 0.3 is 0 Å². The van der Waals surface area contributed by atoms with Crippen LogP contribution in [0.1, 0.15) is 22.6 Å². The Hall–Kier alpha value is -1.96. The van der Waals surface area contributed by atoms with E-state index in [-0.39, 0.29) is 24.0 Å². The van der Waals surface area contributed by atoms with Crippen LogP contribution < -0.4 is 10.6 Å². The molecular formula is C19H25IN4O. The van der Waals surface area contributed by atoms with Crippen LogP contribution in [0.5, 0.6) is 0 Å². The van der Waals surface area contributed by atoms with Gasteiger partial charge in [0.1, 0.15) is 11.5 Å². The molecule has 0 fully saturated rings. The molecule has 6 heteroatoms. The number of hydrogen-bond acceptors (Lipinski definition) is 2. The van der Waals surface area contributed by atoms with Gasteiger partial charge in [-0.2, -0.15) is 0 Å². The summed E-state index contributed by atoms with van der Waals surface area (Å²) < 4.78 is 5.55. The van der Waals surface area contributed by atoms with E-state index in [2.05, 4.69) is 51.1 Å². The molecule has 0 amide bonds. The number of aliphatic imine (C=N–C) groups is 1. The summed E-state index contributed by atoms with van der Waals surface area (Å²) in [6.07, 6.45) is 3.02. The van der Waals surface area contributed by atoms with Gasteiger partial charge in [-0.25, -0.2) is 0 Å². The highest BCUT2D eigenvalue weighted by atomic mass is 127. The Morgan fingerprint density at radius 1 is 1.16 bits per heavy atom. The Bertz CT molecular complexity index is 850. The molecule has 0 aliphatic heterocycles. The van der Waals surface area contributed by atoms with E-state index in [0.29, 0.717) is 6.54 Å². The quantitative estimate of drug-likeness (QED) is 0.313. The van der Waals surface area contributed by atoms with Crippen molar-refractivity contribution in [1.82, 2.24) is 15.6 Å². The number of aromatic amines is 1. The van der Waals surface area contributed by atoms with Gasteiger partial charge < -0.3 is 20.0 Å². The average Bonchev–Trinajstić information content (AvgIpc) is 3.13. The van der Waals surface area contributed by atoms with Crippen molar-refractivity contribution >= 4 is 40.8 Å². The molecule has 0 bridgehead atoms. The Morgan fingerprint density at radius 2 is 1.96 bits per heavy atom. The van der Waals surface area contributed by atoms with E-state index in [1.807, 2.05) is 19.9 Å². The average molecular weight is 452 g/mol. The summed E-state index contributed by atoms with van der Waals surface area (Å²) in [5, 5.41) is 7.98. The molecule has 1 aromatic carbocycles. The zero-order valence-electron chi connectivity index (χ0n) is 14.8. The molecular weight excluding hydrogens is 427 g/mol. The van der Waals surface area contributed by atoms with Crippen molar-refractivity contribution in [3.63, 3.8) is 0 Å². The second-order valence-electron chi connectivity index (χ2n) is 5.90. The minimum absolute atomic E-state index is 0. The van der Waals surface area contributed by atoms with Crippen molar-refractivity contribution in [3.8, 4) is 0 Å². The number of para-hydroxylation sites is 1. The number of furan rings is 1. The number of hydrogen-bond donors (Lipinski definition) is 3. The highest BCUT2D eigenvalue weighted by Crippen LogP contribution is 2.17. The van der Waals surface area contributed by atoms with Gasteiger partial charge in [0, 0.05) is 42.8 Å². The van der Waals surface area contributed by atoms with Crippen molar-refractivity contribution < 1.29 is 4.42 Å². The smallest absolute Gasteiger partial charge is 0.191 e. The number of guanidine groups is 1. The van der Waals surface area contributed by atoms with E-state index >= 15 is 0 Å². The number of halogens is 1. The van der Waals surface area contributed by atoms with Crippen LogP contribution in [0.25, 0.3) is 10.9 Å². The molecule has 0 saturated carbocycles. The predicted octanol–water partition coefficient (Wildman–Crippen LogP) is 3.90. The van der Waals surface area contributed by atoms with E-state index in [9.17, 15) is 0 Å². The molecule has 0 saturated heterocycles. The first-order valence-electron chi connectivity index (χ1n) is 8.23. The second kappa shape index (κ2) is 8.94. The van der Waals surface area contributed by atoms with Crippen LogP contribution in [-0.4, -0.2) is 24.5 Å². The molecule has 0 atom stereocenters.